The number of benzene rings is 2. The standard InChI is InChI=1S/C23H18O8/c1-10(2)14-8-12-19(26-3)17-18(24)16(11-5-6-13-15(7-11)29-9-28-13)23(25)31-21(17)22(27-4)20(12)30-14/h5-8,24H,1,9H2,2-4H3. The van der Waals surface area contributed by atoms with Gasteiger partial charge in [-0.25, -0.2) is 4.79 Å². The number of ether oxygens (including phenoxy) is 4. The molecule has 0 unspecified atom stereocenters. The van der Waals surface area contributed by atoms with Gasteiger partial charge in [0, 0.05) is 0 Å². The largest absolute Gasteiger partial charge is 0.506 e. The fraction of sp³-hybridized carbons (Fsp3) is 0.174. The number of rotatable bonds is 4. The van der Waals surface area contributed by atoms with E-state index in [2.05, 4.69) is 6.58 Å². The van der Waals surface area contributed by atoms with Crippen molar-refractivity contribution in [3.8, 4) is 39.9 Å². The van der Waals surface area contributed by atoms with Crippen molar-refractivity contribution >= 4 is 27.5 Å². The van der Waals surface area contributed by atoms with E-state index in [-0.39, 0.29) is 40.6 Å². The lowest BCUT2D eigenvalue weighted by molar-refractivity contribution is 0.174. The zero-order valence-corrected chi connectivity index (χ0v) is 17.0. The zero-order valence-electron chi connectivity index (χ0n) is 17.0. The summed E-state index contributed by atoms with van der Waals surface area (Å²) in [4.78, 5) is 12.9. The van der Waals surface area contributed by atoms with E-state index >= 15 is 0 Å². The van der Waals surface area contributed by atoms with Crippen LogP contribution in [-0.4, -0.2) is 26.1 Å². The maximum Gasteiger partial charge on any atom is 0.348 e. The summed E-state index contributed by atoms with van der Waals surface area (Å²) < 4.78 is 33.3. The molecule has 2 aromatic heterocycles. The van der Waals surface area contributed by atoms with Crippen molar-refractivity contribution < 1.29 is 32.9 Å². The second kappa shape index (κ2) is 6.73. The molecule has 0 aliphatic carbocycles. The van der Waals surface area contributed by atoms with E-state index in [1.54, 1.807) is 31.2 Å². The summed E-state index contributed by atoms with van der Waals surface area (Å²) in [5.74, 6) is 1.69. The summed E-state index contributed by atoms with van der Waals surface area (Å²) in [6.07, 6.45) is 0. The van der Waals surface area contributed by atoms with Gasteiger partial charge in [-0.15, -0.1) is 0 Å². The lowest BCUT2D eigenvalue weighted by Gasteiger charge is -2.13. The van der Waals surface area contributed by atoms with Crippen LogP contribution in [0.5, 0.6) is 28.7 Å². The predicted molar refractivity (Wildman–Crippen MR) is 113 cm³/mol. The SMILES string of the molecule is C=C(C)c1cc2c(OC)c3c(O)c(-c4ccc5c(c4)OCO5)c(=O)oc3c(OC)c2o1. The quantitative estimate of drug-likeness (QED) is 0.473. The summed E-state index contributed by atoms with van der Waals surface area (Å²) in [7, 11) is 2.88. The van der Waals surface area contributed by atoms with Crippen LogP contribution in [-0.2, 0) is 0 Å². The molecule has 1 N–H and O–H groups in total. The molecule has 8 nitrogen and oxygen atoms in total. The predicted octanol–water partition coefficient (Wildman–Crippen LogP) is 4.69. The smallest absolute Gasteiger partial charge is 0.348 e. The summed E-state index contributed by atoms with van der Waals surface area (Å²) in [6, 6.07) is 6.66. The third-order valence-electron chi connectivity index (χ3n) is 5.21. The second-order valence-corrected chi connectivity index (χ2v) is 7.09. The fourth-order valence-corrected chi connectivity index (χ4v) is 3.77. The lowest BCUT2D eigenvalue weighted by Crippen LogP contribution is -2.05. The maximum absolute atomic E-state index is 12.9. The van der Waals surface area contributed by atoms with E-state index in [1.165, 1.54) is 14.2 Å². The first-order chi connectivity index (χ1) is 14.9. The zero-order chi connectivity index (χ0) is 21.9. The minimum absolute atomic E-state index is 0.0152. The van der Waals surface area contributed by atoms with Gasteiger partial charge in [-0.05, 0) is 36.3 Å². The molecular weight excluding hydrogens is 404 g/mol. The first kappa shape index (κ1) is 18.9. The van der Waals surface area contributed by atoms with Gasteiger partial charge in [-0.1, -0.05) is 12.6 Å². The molecule has 0 fully saturated rings. The number of furan rings is 1. The van der Waals surface area contributed by atoms with Crippen molar-refractivity contribution in [3.63, 3.8) is 0 Å². The molecule has 4 aromatic rings. The highest BCUT2D eigenvalue weighted by Crippen LogP contribution is 2.49. The molecule has 31 heavy (non-hydrogen) atoms. The summed E-state index contributed by atoms with van der Waals surface area (Å²) in [5, 5.41) is 12.0. The molecule has 0 spiro atoms. The van der Waals surface area contributed by atoms with Crippen molar-refractivity contribution in [1.82, 2.24) is 0 Å². The number of hydrogen-bond donors (Lipinski definition) is 1. The van der Waals surface area contributed by atoms with E-state index in [1.807, 2.05) is 0 Å². The monoisotopic (exact) mass is 422 g/mol. The average molecular weight is 422 g/mol. The van der Waals surface area contributed by atoms with Crippen LogP contribution in [0.2, 0.25) is 0 Å². The lowest BCUT2D eigenvalue weighted by atomic mass is 10.0. The third kappa shape index (κ3) is 2.64. The van der Waals surface area contributed by atoms with Crippen LogP contribution >= 0.6 is 0 Å². The highest BCUT2D eigenvalue weighted by molar-refractivity contribution is 6.11. The molecule has 3 heterocycles. The van der Waals surface area contributed by atoms with E-state index in [9.17, 15) is 9.90 Å². The van der Waals surface area contributed by atoms with Crippen molar-refractivity contribution in [2.24, 2.45) is 0 Å². The minimum Gasteiger partial charge on any atom is -0.506 e. The minimum atomic E-state index is -0.754. The molecule has 1 aliphatic heterocycles. The number of fused-ring (bicyclic) bond motifs is 3. The molecule has 158 valence electrons. The van der Waals surface area contributed by atoms with Crippen molar-refractivity contribution in [1.29, 1.82) is 0 Å². The first-order valence-electron chi connectivity index (χ1n) is 9.37. The second-order valence-electron chi connectivity index (χ2n) is 7.09. The van der Waals surface area contributed by atoms with Gasteiger partial charge < -0.3 is 32.9 Å². The first-order valence-corrected chi connectivity index (χ1v) is 9.37. The average Bonchev–Trinajstić information content (AvgIpc) is 3.39. The van der Waals surface area contributed by atoms with Gasteiger partial charge in [-0.2, -0.15) is 0 Å². The Balaban J connectivity index is 1.90. The highest BCUT2D eigenvalue weighted by Gasteiger charge is 2.28. The molecule has 5 rings (SSSR count). The Labute approximate surface area is 175 Å². The highest BCUT2D eigenvalue weighted by atomic mass is 16.7. The number of aromatic hydroxyl groups is 1. The van der Waals surface area contributed by atoms with Gasteiger partial charge in [0.25, 0.3) is 0 Å². The number of hydrogen-bond acceptors (Lipinski definition) is 8. The topological polar surface area (TPSA) is 101 Å². The molecule has 0 radical (unpaired) electrons. The summed E-state index contributed by atoms with van der Waals surface area (Å²) in [5.41, 5.74) is 0.651. The molecular formula is C23H18O8. The Bertz CT molecular complexity index is 1440. The van der Waals surface area contributed by atoms with Crippen LogP contribution in [0.15, 0.2) is 44.5 Å². The maximum atomic E-state index is 12.9. The third-order valence-corrected chi connectivity index (χ3v) is 5.21. The molecule has 0 saturated heterocycles. The van der Waals surface area contributed by atoms with Crippen molar-refractivity contribution in [3.05, 3.63) is 47.0 Å². The number of allylic oxidation sites excluding steroid dienone is 1. The van der Waals surface area contributed by atoms with Crippen LogP contribution < -0.4 is 24.6 Å². The fourth-order valence-electron chi connectivity index (χ4n) is 3.77. The van der Waals surface area contributed by atoms with E-state index in [0.717, 1.165) is 0 Å². The van der Waals surface area contributed by atoms with Gasteiger partial charge in [0.1, 0.15) is 28.2 Å². The molecule has 0 bridgehead atoms. The van der Waals surface area contributed by atoms with Crippen LogP contribution in [0.1, 0.15) is 12.7 Å². The molecule has 1 aliphatic rings. The van der Waals surface area contributed by atoms with Crippen molar-refractivity contribution in [2.45, 2.75) is 6.92 Å². The van der Waals surface area contributed by atoms with E-state index in [0.29, 0.717) is 39.4 Å². The van der Waals surface area contributed by atoms with Crippen LogP contribution in [0.25, 0.3) is 38.6 Å². The Morgan fingerprint density at radius 3 is 2.48 bits per heavy atom. The summed E-state index contributed by atoms with van der Waals surface area (Å²) in [6.45, 7) is 5.78. The number of methoxy groups -OCH3 is 2. The molecule has 0 saturated carbocycles. The van der Waals surface area contributed by atoms with Crippen LogP contribution in [0.3, 0.4) is 0 Å². The van der Waals surface area contributed by atoms with Crippen molar-refractivity contribution in [2.75, 3.05) is 21.0 Å². The molecule has 0 atom stereocenters. The van der Waals surface area contributed by atoms with E-state index in [4.69, 9.17) is 27.8 Å². The molecule has 2 aromatic carbocycles. The summed E-state index contributed by atoms with van der Waals surface area (Å²) >= 11 is 0. The van der Waals surface area contributed by atoms with Gasteiger partial charge in [0.2, 0.25) is 12.5 Å². The van der Waals surface area contributed by atoms with Gasteiger partial charge >= 0.3 is 5.63 Å². The normalized spacial score (nSPS) is 12.5. The van der Waals surface area contributed by atoms with Crippen LogP contribution in [0, 0.1) is 0 Å². The Morgan fingerprint density at radius 2 is 1.77 bits per heavy atom. The molecule has 8 heteroatoms. The van der Waals surface area contributed by atoms with Gasteiger partial charge in [0.15, 0.2) is 22.7 Å². The Kier molecular flexibility index (Phi) is 4.11. The Hall–Kier alpha value is -4.07. The van der Waals surface area contributed by atoms with E-state index < -0.39 is 5.63 Å². The Morgan fingerprint density at radius 1 is 1.03 bits per heavy atom. The van der Waals surface area contributed by atoms with Crippen LogP contribution in [0.4, 0.5) is 0 Å². The molecule has 0 amide bonds. The van der Waals surface area contributed by atoms with Gasteiger partial charge in [-0.3, -0.25) is 0 Å². The van der Waals surface area contributed by atoms with Gasteiger partial charge in [0.05, 0.1) is 19.6 Å².